The first-order chi connectivity index (χ1) is 21.5. The summed E-state index contributed by atoms with van der Waals surface area (Å²) in [7, 11) is 0. The number of anilines is 6. The van der Waals surface area contributed by atoms with E-state index in [2.05, 4.69) is 164 Å². The van der Waals surface area contributed by atoms with Crippen molar-refractivity contribution in [3.63, 3.8) is 0 Å². The van der Waals surface area contributed by atoms with E-state index < -0.39 is 0 Å². The van der Waals surface area contributed by atoms with Crippen molar-refractivity contribution >= 4 is 88.7 Å². The second-order valence-corrected chi connectivity index (χ2v) is 14.1. The Bertz CT molecular complexity index is 2240. The van der Waals surface area contributed by atoms with Gasteiger partial charge in [-0.05, 0) is 82.0 Å². The standard InChI is InChI=1S/C40H31BN2S/c1-40(2,3)26-24-34-39-35(25-26)43(33-21-13-23-37-38(33)28-16-7-12-22-36(28)44-37)32-20-11-9-18-30(32)41(39)29-17-8-10-19-31(29)42(34)27-14-5-4-6-15-27/h4-25H,1-3H3. The van der Waals surface area contributed by atoms with E-state index in [9.17, 15) is 0 Å². The summed E-state index contributed by atoms with van der Waals surface area (Å²) in [6, 6.07) is 49.6. The summed E-state index contributed by atoms with van der Waals surface area (Å²) in [4.78, 5) is 5.06. The van der Waals surface area contributed by atoms with Crippen LogP contribution in [-0.2, 0) is 5.41 Å². The Morgan fingerprint density at radius 2 is 1.09 bits per heavy atom. The second-order valence-electron chi connectivity index (χ2n) is 13.0. The Kier molecular flexibility index (Phi) is 5.46. The third-order valence-electron chi connectivity index (χ3n) is 9.39. The molecule has 7 aromatic rings. The number of rotatable bonds is 2. The highest BCUT2D eigenvalue weighted by Gasteiger charge is 2.44. The summed E-state index contributed by atoms with van der Waals surface area (Å²) in [5.41, 5.74) is 12.8. The molecular weight excluding hydrogens is 551 g/mol. The molecule has 2 aliphatic rings. The third-order valence-corrected chi connectivity index (χ3v) is 10.5. The zero-order valence-electron chi connectivity index (χ0n) is 25.1. The van der Waals surface area contributed by atoms with Gasteiger partial charge in [0.25, 0.3) is 6.71 Å². The van der Waals surface area contributed by atoms with Crippen molar-refractivity contribution in [1.29, 1.82) is 0 Å². The molecule has 0 amide bonds. The Hall–Kier alpha value is -4.80. The molecule has 0 aliphatic carbocycles. The van der Waals surface area contributed by atoms with Gasteiger partial charge >= 0.3 is 0 Å². The van der Waals surface area contributed by atoms with Crippen molar-refractivity contribution in [1.82, 2.24) is 0 Å². The molecule has 3 heterocycles. The molecule has 0 spiro atoms. The number of para-hydroxylation sites is 3. The normalized spacial score (nSPS) is 13.7. The van der Waals surface area contributed by atoms with Crippen molar-refractivity contribution in [3.8, 4) is 0 Å². The van der Waals surface area contributed by atoms with Crippen LogP contribution in [-0.4, -0.2) is 6.71 Å². The van der Waals surface area contributed by atoms with E-state index in [1.807, 2.05) is 11.3 Å². The molecule has 4 heteroatoms. The molecule has 2 aliphatic heterocycles. The van der Waals surface area contributed by atoms with Gasteiger partial charge in [-0.25, -0.2) is 0 Å². The van der Waals surface area contributed by atoms with Gasteiger partial charge in [0.15, 0.2) is 0 Å². The van der Waals surface area contributed by atoms with Crippen LogP contribution in [0.15, 0.2) is 133 Å². The zero-order valence-corrected chi connectivity index (χ0v) is 25.9. The molecule has 0 saturated heterocycles. The molecule has 210 valence electrons. The predicted octanol–water partition coefficient (Wildman–Crippen LogP) is 9.43. The molecule has 0 atom stereocenters. The SMILES string of the molecule is CC(C)(C)c1cc2c3c(c1)N(c1cccc4sc5ccccc5c14)c1ccccc1B3c1ccccc1N2c1ccccc1. The number of nitrogens with zero attached hydrogens (tertiary/aromatic N) is 2. The van der Waals surface area contributed by atoms with Crippen LogP contribution in [0.2, 0.25) is 0 Å². The summed E-state index contributed by atoms with van der Waals surface area (Å²) >= 11 is 1.88. The van der Waals surface area contributed by atoms with Crippen LogP contribution < -0.4 is 26.2 Å². The number of thiophene rings is 1. The largest absolute Gasteiger partial charge is 0.311 e. The van der Waals surface area contributed by atoms with Crippen LogP contribution in [0.3, 0.4) is 0 Å². The highest BCUT2D eigenvalue weighted by atomic mass is 32.1. The van der Waals surface area contributed by atoms with Crippen LogP contribution in [0, 0.1) is 0 Å². The molecule has 0 bridgehead atoms. The van der Waals surface area contributed by atoms with Crippen LogP contribution >= 0.6 is 11.3 Å². The second kappa shape index (κ2) is 9.35. The molecule has 9 rings (SSSR count). The summed E-state index contributed by atoms with van der Waals surface area (Å²) in [6.45, 7) is 7.13. The fraction of sp³-hybridized carbons (Fsp3) is 0.100. The molecule has 1 aromatic heterocycles. The lowest BCUT2D eigenvalue weighted by Crippen LogP contribution is -2.61. The minimum Gasteiger partial charge on any atom is -0.311 e. The lowest BCUT2D eigenvalue weighted by Gasteiger charge is -2.45. The Labute approximate surface area is 262 Å². The maximum absolute atomic E-state index is 2.57. The molecule has 2 nitrogen and oxygen atoms in total. The number of hydrogen-bond acceptors (Lipinski definition) is 3. The molecule has 0 radical (unpaired) electrons. The molecule has 0 N–H and O–H groups in total. The molecule has 44 heavy (non-hydrogen) atoms. The predicted molar refractivity (Wildman–Crippen MR) is 192 cm³/mol. The van der Waals surface area contributed by atoms with Crippen molar-refractivity contribution in [2.45, 2.75) is 26.2 Å². The summed E-state index contributed by atoms with van der Waals surface area (Å²) < 4.78 is 2.65. The highest BCUT2D eigenvalue weighted by molar-refractivity contribution is 7.26. The highest BCUT2D eigenvalue weighted by Crippen LogP contribution is 2.49. The van der Waals surface area contributed by atoms with Gasteiger partial charge in [0.05, 0.1) is 5.69 Å². The number of hydrogen-bond donors (Lipinski definition) is 0. The lowest BCUT2D eigenvalue weighted by molar-refractivity contribution is 0.590. The van der Waals surface area contributed by atoms with Gasteiger partial charge in [0.2, 0.25) is 0 Å². The van der Waals surface area contributed by atoms with Gasteiger partial charge in [-0.1, -0.05) is 99.6 Å². The molecule has 0 fully saturated rings. The van der Waals surface area contributed by atoms with Crippen molar-refractivity contribution in [2.24, 2.45) is 0 Å². The van der Waals surface area contributed by atoms with Gasteiger partial charge in [-0.15, -0.1) is 11.3 Å². The molecule has 0 saturated carbocycles. The van der Waals surface area contributed by atoms with Crippen molar-refractivity contribution < 1.29 is 0 Å². The first-order valence-corrected chi connectivity index (χ1v) is 16.2. The van der Waals surface area contributed by atoms with E-state index in [1.54, 1.807) is 0 Å². The molecule has 0 unspecified atom stereocenters. The maximum Gasteiger partial charge on any atom is 0.252 e. The Morgan fingerprint density at radius 3 is 1.82 bits per heavy atom. The van der Waals surface area contributed by atoms with Crippen LogP contribution in [0.5, 0.6) is 0 Å². The fourth-order valence-electron chi connectivity index (χ4n) is 7.39. The molecular formula is C40H31BN2S. The van der Waals surface area contributed by atoms with Crippen LogP contribution in [0.1, 0.15) is 26.3 Å². The van der Waals surface area contributed by atoms with E-state index in [4.69, 9.17) is 0 Å². The monoisotopic (exact) mass is 582 g/mol. The van der Waals surface area contributed by atoms with E-state index in [-0.39, 0.29) is 12.1 Å². The first kappa shape index (κ1) is 25.7. The maximum atomic E-state index is 2.57. The quantitative estimate of drug-likeness (QED) is 0.187. The third kappa shape index (κ3) is 3.61. The topological polar surface area (TPSA) is 6.48 Å². The fourth-order valence-corrected chi connectivity index (χ4v) is 8.51. The average molecular weight is 583 g/mol. The Balaban J connectivity index is 1.44. The van der Waals surface area contributed by atoms with Gasteiger partial charge in [-0.2, -0.15) is 0 Å². The van der Waals surface area contributed by atoms with Crippen molar-refractivity contribution in [3.05, 3.63) is 139 Å². The van der Waals surface area contributed by atoms with E-state index in [0.29, 0.717) is 0 Å². The van der Waals surface area contributed by atoms with Crippen molar-refractivity contribution in [2.75, 3.05) is 9.80 Å². The van der Waals surface area contributed by atoms with Gasteiger partial charge in [0, 0.05) is 48.6 Å². The van der Waals surface area contributed by atoms with Gasteiger partial charge in [-0.3, -0.25) is 0 Å². The van der Waals surface area contributed by atoms with Gasteiger partial charge < -0.3 is 9.80 Å². The van der Waals surface area contributed by atoms with Gasteiger partial charge in [0.1, 0.15) is 0 Å². The Morgan fingerprint density at radius 1 is 0.523 bits per heavy atom. The summed E-state index contributed by atoms with van der Waals surface area (Å²) in [5.74, 6) is 0. The number of fused-ring (bicyclic) bond motifs is 7. The van der Waals surface area contributed by atoms with Crippen LogP contribution in [0.4, 0.5) is 34.1 Å². The lowest BCUT2D eigenvalue weighted by atomic mass is 9.33. The van der Waals surface area contributed by atoms with Crippen LogP contribution in [0.25, 0.3) is 20.2 Å². The minimum atomic E-state index is -0.0376. The van der Waals surface area contributed by atoms with E-state index in [0.717, 1.165) is 0 Å². The van der Waals surface area contributed by atoms with E-state index >= 15 is 0 Å². The summed E-state index contributed by atoms with van der Waals surface area (Å²) in [6.07, 6.45) is 0. The first-order valence-electron chi connectivity index (χ1n) is 15.4. The zero-order chi connectivity index (χ0) is 29.6. The number of benzene rings is 6. The summed E-state index contributed by atoms with van der Waals surface area (Å²) in [5, 5.41) is 2.65. The smallest absolute Gasteiger partial charge is 0.252 e. The van der Waals surface area contributed by atoms with E-state index in [1.165, 1.54) is 76.2 Å². The minimum absolute atomic E-state index is 0.0376. The average Bonchev–Trinajstić information content (AvgIpc) is 3.43. The molecule has 6 aromatic carbocycles.